The molecule has 102 valence electrons. The molecule has 0 saturated carbocycles. The highest BCUT2D eigenvalue weighted by Gasteiger charge is 2.08. The van der Waals surface area contributed by atoms with E-state index in [2.05, 4.69) is 66.8 Å². The molecule has 1 atom stereocenters. The molecule has 0 unspecified atom stereocenters. The second-order valence-electron chi connectivity index (χ2n) is 5.40. The summed E-state index contributed by atoms with van der Waals surface area (Å²) in [7, 11) is 0. The average molecular weight is 257 g/mol. The van der Waals surface area contributed by atoms with Gasteiger partial charge in [0, 0.05) is 24.8 Å². The van der Waals surface area contributed by atoms with Gasteiger partial charge in [0.25, 0.3) is 0 Å². The van der Waals surface area contributed by atoms with Crippen LogP contribution in [0.3, 0.4) is 0 Å². The van der Waals surface area contributed by atoms with Crippen LogP contribution in [0.4, 0.5) is 0 Å². The molecule has 0 spiro atoms. The van der Waals surface area contributed by atoms with Crippen molar-refractivity contribution in [3.63, 3.8) is 0 Å². The minimum absolute atomic E-state index is 0.343. The van der Waals surface area contributed by atoms with Gasteiger partial charge in [0.15, 0.2) is 0 Å². The summed E-state index contributed by atoms with van der Waals surface area (Å²) in [5.74, 6) is 0. The molecule has 0 saturated heterocycles. The maximum Gasteiger partial charge on any atom is 0.0951 e. The first-order valence-electron chi connectivity index (χ1n) is 6.88. The highest BCUT2D eigenvalue weighted by atomic mass is 15.1. The molecule has 1 N–H and O–H groups in total. The Hall–Kier alpha value is -1.61. The molecule has 1 aromatic carbocycles. The quantitative estimate of drug-likeness (QED) is 0.886. The fraction of sp³-hybridized carbons (Fsp3) is 0.438. The van der Waals surface area contributed by atoms with Crippen molar-refractivity contribution in [3.8, 4) is 0 Å². The van der Waals surface area contributed by atoms with Gasteiger partial charge in [-0.2, -0.15) is 0 Å². The molecule has 0 fully saturated rings. The standard InChI is InChI=1S/C16H23N3/c1-12(2)19-11-17-9-16(19)10-18-14(4)15-7-5-6-13(3)8-15/h5-9,11-12,14,18H,10H2,1-4H3/t14-/m0/s1. The largest absolute Gasteiger partial charge is 0.331 e. The molecule has 0 aliphatic carbocycles. The number of imidazole rings is 1. The lowest BCUT2D eigenvalue weighted by molar-refractivity contribution is 0.518. The zero-order chi connectivity index (χ0) is 13.8. The van der Waals surface area contributed by atoms with Gasteiger partial charge in [-0.25, -0.2) is 4.98 Å². The lowest BCUT2D eigenvalue weighted by Gasteiger charge is -2.17. The molecule has 2 rings (SSSR count). The summed E-state index contributed by atoms with van der Waals surface area (Å²) >= 11 is 0. The predicted octanol–water partition coefficient (Wildman–Crippen LogP) is 3.62. The number of rotatable bonds is 5. The second kappa shape index (κ2) is 6.02. The smallest absolute Gasteiger partial charge is 0.0951 e. The van der Waals surface area contributed by atoms with Crippen molar-refractivity contribution in [2.24, 2.45) is 0 Å². The number of benzene rings is 1. The van der Waals surface area contributed by atoms with E-state index in [9.17, 15) is 0 Å². The van der Waals surface area contributed by atoms with Crippen LogP contribution >= 0.6 is 0 Å². The van der Waals surface area contributed by atoms with Gasteiger partial charge in [0.05, 0.1) is 12.0 Å². The van der Waals surface area contributed by atoms with E-state index in [1.165, 1.54) is 16.8 Å². The molecule has 3 heteroatoms. The van der Waals surface area contributed by atoms with Crippen LogP contribution in [-0.2, 0) is 6.54 Å². The molecular formula is C16H23N3. The van der Waals surface area contributed by atoms with Gasteiger partial charge in [0.2, 0.25) is 0 Å². The lowest BCUT2D eigenvalue weighted by atomic mass is 10.1. The van der Waals surface area contributed by atoms with Crippen molar-refractivity contribution < 1.29 is 0 Å². The van der Waals surface area contributed by atoms with Crippen molar-refractivity contribution in [3.05, 3.63) is 53.6 Å². The Morgan fingerprint density at radius 2 is 2.05 bits per heavy atom. The zero-order valence-electron chi connectivity index (χ0n) is 12.2. The van der Waals surface area contributed by atoms with Crippen LogP contribution in [0.15, 0.2) is 36.8 Å². The van der Waals surface area contributed by atoms with E-state index in [-0.39, 0.29) is 0 Å². The maximum atomic E-state index is 4.23. The molecule has 0 aliphatic heterocycles. The van der Waals surface area contributed by atoms with E-state index < -0.39 is 0 Å². The summed E-state index contributed by atoms with van der Waals surface area (Å²) in [5, 5.41) is 3.56. The average Bonchev–Trinajstić information content (AvgIpc) is 2.84. The third-order valence-corrected chi connectivity index (χ3v) is 3.43. The molecule has 1 aromatic heterocycles. The van der Waals surface area contributed by atoms with E-state index in [1.54, 1.807) is 0 Å². The van der Waals surface area contributed by atoms with Crippen molar-refractivity contribution in [1.82, 2.24) is 14.9 Å². The number of hydrogen-bond acceptors (Lipinski definition) is 2. The van der Waals surface area contributed by atoms with Gasteiger partial charge >= 0.3 is 0 Å². The van der Waals surface area contributed by atoms with Gasteiger partial charge in [-0.3, -0.25) is 0 Å². The molecule has 0 radical (unpaired) electrons. The summed E-state index contributed by atoms with van der Waals surface area (Å²) in [5.41, 5.74) is 3.86. The van der Waals surface area contributed by atoms with Crippen molar-refractivity contribution >= 4 is 0 Å². The SMILES string of the molecule is Cc1cccc([C@H](C)NCc2cncn2C(C)C)c1. The fourth-order valence-electron chi connectivity index (χ4n) is 2.25. The monoisotopic (exact) mass is 257 g/mol. The first-order chi connectivity index (χ1) is 9.08. The highest BCUT2D eigenvalue weighted by molar-refractivity contribution is 5.24. The molecule has 0 bridgehead atoms. The van der Waals surface area contributed by atoms with Gasteiger partial charge in [0.1, 0.15) is 0 Å². The summed E-state index contributed by atoms with van der Waals surface area (Å²) in [6, 6.07) is 9.44. The Morgan fingerprint density at radius 1 is 1.26 bits per heavy atom. The fourth-order valence-corrected chi connectivity index (χ4v) is 2.25. The molecule has 0 aliphatic rings. The molecule has 0 amide bonds. The third kappa shape index (κ3) is 3.44. The minimum Gasteiger partial charge on any atom is -0.331 e. The second-order valence-corrected chi connectivity index (χ2v) is 5.40. The summed E-state index contributed by atoms with van der Waals surface area (Å²) in [6.45, 7) is 9.52. The van der Waals surface area contributed by atoms with E-state index in [1.807, 2.05) is 12.5 Å². The first-order valence-corrected chi connectivity index (χ1v) is 6.88. The third-order valence-electron chi connectivity index (χ3n) is 3.43. The number of nitrogens with zero attached hydrogens (tertiary/aromatic N) is 2. The number of hydrogen-bond donors (Lipinski definition) is 1. The Balaban J connectivity index is 2.00. The van der Waals surface area contributed by atoms with Crippen LogP contribution in [0.25, 0.3) is 0 Å². The maximum absolute atomic E-state index is 4.23. The first kappa shape index (κ1) is 13.8. The topological polar surface area (TPSA) is 29.9 Å². The van der Waals surface area contributed by atoms with Crippen LogP contribution in [0.2, 0.25) is 0 Å². The van der Waals surface area contributed by atoms with Crippen LogP contribution in [0.5, 0.6) is 0 Å². The van der Waals surface area contributed by atoms with E-state index in [0.29, 0.717) is 12.1 Å². The molecule has 3 nitrogen and oxygen atoms in total. The number of aromatic nitrogens is 2. The van der Waals surface area contributed by atoms with Gasteiger partial charge in [-0.1, -0.05) is 29.8 Å². The van der Waals surface area contributed by atoms with Crippen molar-refractivity contribution in [2.45, 2.75) is 46.3 Å². The van der Waals surface area contributed by atoms with Crippen LogP contribution in [0.1, 0.15) is 49.7 Å². The molecule has 1 heterocycles. The zero-order valence-corrected chi connectivity index (χ0v) is 12.2. The van der Waals surface area contributed by atoms with E-state index in [0.717, 1.165) is 6.54 Å². The van der Waals surface area contributed by atoms with E-state index in [4.69, 9.17) is 0 Å². The van der Waals surface area contributed by atoms with Crippen LogP contribution in [0, 0.1) is 6.92 Å². The number of nitrogens with one attached hydrogen (secondary N) is 1. The molecule has 19 heavy (non-hydrogen) atoms. The van der Waals surface area contributed by atoms with Crippen molar-refractivity contribution in [1.29, 1.82) is 0 Å². The van der Waals surface area contributed by atoms with Crippen molar-refractivity contribution in [2.75, 3.05) is 0 Å². The Morgan fingerprint density at radius 3 is 2.74 bits per heavy atom. The summed E-state index contributed by atoms with van der Waals surface area (Å²) < 4.78 is 2.20. The predicted molar refractivity (Wildman–Crippen MR) is 79.0 cm³/mol. The Kier molecular flexibility index (Phi) is 4.38. The summed E-state index contributed by atoms with van der Waals surface area (Å²) in [4.78, 5) is 4.23. The van der Waals surface area contributed by atoms with E-state index >= 15 is 0 Å². The Labute approximate surface area is 115 Å². The highest BCUT2D eigenvalue weighted by Crippen LogP contribution is 2.15. The number of aryl methyl sites for hydroxylation is 1. The normalized spacial score (nSPS) is 12.9. The molecular weight excluding hydrogens is 234 g/mol. The lowest BCUT2D eigenvalue weighted by Crippen LogP contribution is -2.20. The summed E-state index contributed by atoms with van der Waals surface area (Å²) in [6.07, 6.45) is 3.84. The van der Waals surface area contributed by atoms with Gasteiger partial charge in [-0.05, 0) is 33.3 Å². The Bertz CT molecular complexity index is 528. The van der Waals surface area contributed by atoms with Gasteiger partial charge in [-0.15, -0.1) is 0 Å². The molecule has 2 aromatic rings. The van der Waals surface area contributed by atoms with Crippen LogP contribution in [-0.4, -0.2) is 9.55 Å². The van der Waals surface area contributed by atoms with Gasteiger partial charge < -0.3 is 9.88 Å². The van der Waals surface area contributed by atoms with Crippen LogP contribution < -0.4 is 5.32 Å². The minimum atomic E-state index is 0.343.